The normalized spacial score (nSPS) is 12.9. The summed E-state index contributed by atoms with van der Waals surface area (Å²) in [5.74, 6) is -2.14. The summed E-state index contributed by atoms with van der Waals surface area (Å²) in [6, 6.07) is 13.8. The van der Waals surface area contributed by atoms with Crippen LogP contribution in [0.3, 0.4) is 0 Å². The van der Waals surface area contributed by atoms with E-state index in [1.807, 2.05) is 0 Å². The van der Waals surface area contributed by atoms with Crippen LogP contribution in [-0.4, -0.2) is 34.7 Å². The first-order valence-corrected chi connectivity index (χ1v) is 11.8. The lowest BCUT2D eigenvalue weighted by Gasteiger charge is -2.15. The number of aromatic nitrogens is 1. The lowest BCUT2D eigenvalue weighted by Crippen LogP contribution is -2.25. The maximum atomic E-state index is 13.0. The highest BCUT2D eigenvalue weighted by Gasteiger charge is 2.30. The Labute approximate surface area is 220 Å². The third-order valence-electron chi connectivity index (χ3n) is 5.78. The number of rotatable bonds is 10. The Morgan fingerprint density at radius 1 is 0.923 bits per heavy atom. The highest BCUT2D eigenvalue weighted by atomic mass is 19.4. The molecular formula is C28H24F6N2O3. The second-order valence-electron chi connectivity index (χ2n) is 8.69. The predicted molar refractivity (Wildman–Crippen MR) is 133 cm³/mol. The highest BCUT2D eigenvalue weighted by Crippen LogP contribution is 2.33. The van der Waals surface area contributed by atoms with Crippen molar-refractivity contribution in [2.75, 3.05) is 6.54 Å². The van der Waals surface area contributed by atoms with E-state index in [1.165, 1.54) is 30.5 Å². The van der Waals surface area contributed by atoms with Crippen LogP contribution in [0.25, 0.3) is 17.3 Å². The number of nitrogens with one attached hydrogen (secondary N) is 1. The Morgan fingerprint density at radius 2 is 1.59 bits per heavy atom. The van der Waals surface area contributed by atoms with Crippen LogP contribution in [0, 0.1) is 0 Å². The van der Waals surface area contributed by atoms with Crippen molar-refractivity contribution in [3.63, 3.8) is 0 Å². The van der Waals surface area contributed by atoms with Crippen LogP contribution in [0.5, 0.6) is 0 Å². The predicted octanol–water partition coefficient (Wildman–Crippen LogP) is 7.11. The van der Waals surface area contributed by atoms with Crippen molar-refractivity contribution in [2.45, 2.75) is 37.5 Å². The number of aliphatic carboxylic acids is 1. The van der Waals surface area contributed by atoms with E-state index in [0.717, 1.165) is 12.1 Å². The van der Waals surface area contributed by atoms with Crippen molar-refractivity contribution in [1.29, 1.82) is 0 Å². The van der Waals surface area contributed by atoms with Gasteiger partial charge in [0.2, 0.25) is 0 Å². The molecule has 1 amide bonds. The maximum Gasteiger partial charge on any atom is 0.416 e. The van der Waals surface area contributed by atoms with Gasteiger partial charge in [-0.2, -0.15) is 26.3 Å². The van der Waals surface area contributed by atoms with Crippen molar-refractivity contribution in [3.8, 4) is 11.3 Å². The Balaban J connectivity index is 1.74. The van der Waals surface area contributed by atoms with Crippen molar-refractivity contribution < 1.29 is 41.0 Å². The number of allylic oxidation sites excluding steroid dienone is 1. The number of nitrogens with zero attached hydrogens (tertiary/aromatic N) is 1. The molecule has 0 saturated carbocycles. The standard InChI is InChI=1S/C28H24F6N2O3/c29-27(30,31)15-13-19(4-1-18-2-5-21(6-3-18)26(39)35-16-14-25(37)38)22-9-12-24(36-17-22)20-7-10-23(11-8-20)28(32,33)34/h1-12,17,19H,13-16H2,(H,35,39)(H,37,38)/b4-1-/t19-/m0/s1. The molecule has 206 valence electrons. The van der Waals surface area contributed by atoms with E-state index in [0.29, 0.717) is 27.9 Å². The maximum absolute atomic E-state index is 13.0. The van der Waals surface area contributed by atoms with E-state index in [9.17, 15) is 35.9 Å². The summed E-state index contributed by atoms with van der Waals surface area (Å²) in [5.41, 5.74) is 1.44. The SMILES string of the molecule is O=C(O)CCNC(=O)c1ccc(/C=C\[C@@H](CCC(F)(F)F)c2ccc(-c3ccc(C(F)(F)F)cc3)nc2)cc1. The molecule has 2 N–H and O–H groups in total. The molecule has 0 aliphatic carbocycles. The van der Waals surface area contributed by atoms with Crippen molar-refractivity contribution in [3.05, 3.63) is 95.2 Å². The van der Waals surface area contributed by atoms with Gasteiger partial charge in [-0.25, -0.2) is 0 Å². The van der Waals surface area contributed by atoms with Crippen molar-refractivity contribution in [1.82, 2.24) is 10.3 Å². The molecule has 1 heterocycles. The van der Waals surface area contributed by atoms with Crippen LogP contribution in [0.2, 0.25) is 0 Å². The minimum absolute atomic E-state index is 0.0254. The summed E-state index contributed by atoms with van der Waals surface area (Å²) >= 11 is 0. The molecular weight excluding hydrogens is 526 g/mol. The largest absolute Gasteiger partial charge is 0.481 e. The lowest BCUT2D eigenvalue weighted by molar-refractivity contribution is -0.138. The Kier molecular flexibility index (Phi) is 9.50. The van der Waals surface area contributed by atoms with Gasteiger partial charge in [-0.05, 0) is 47.9 Å². The zero-order valence-corrected chi connectivity index (χ0v) is 20.4. The van der Waals surface area contributed by atoms with Gasteiger partial charge in [-0.3, -0.25) is 14.6 Å². The van der Waals surface area contributed by atoms with Crippen molar-refractivity contribution >= 4 is 18.0 Å². The van der Waals surface area contributed by atoms with E-state index in [2.05, 4.69) is 10.3 Å². The van der Waals surface area contributed by atoms with E-state index >= 15 is 0 Å². The molecule has 0 bridgehead atoms. The van der Waals surface area contributed by atoms with E-state index in [-0.39, 0.29) is 19.4 Å². The number of amides is 1. The lowest BCUT2D eigenvalue weighted by atomic mass is 9.93. The second kappa shape index (κ2) is 12.6. The second-order valence-corrected chi connectivity index (χ2v) is 8.69. The van der Waals surface area contributed by atoms with E-state index < -0.39 is 42.1 Å². The zero-order valence-electron chi connectivity index (χ0n) is 20.4. The molecule has 0 spiro atoms. The molecule has 2 aromatic carbocycles. The summed E-state index contributed by atoms with van der Waals surface area (Å²) < 4.78 is 77.3. The van der Waals surface area contributed by atoms with Crippen LogP contribution >= 0.6 is 0 Å². The summed E-state index contributed by atoms with van der Waals surface area (Å²) in [5, 5.41) is 11.1. The topological polar surface area (TPSA) is 79.3 Å². The van der Waals surface area contributed by atoms with Gasteiger partial charge in [-0.1, -0.05) is 42.5 Å². The average molecular weight is 550 g/mol. The van der Waals surface area contributed by atoms with Crippen molar-refractivity contribution in [2.24, 2.45) is 0 Å². The highest BCUT2D eigenvalue weighted by molar-refractivity contribution is 5.94. The third kappa shape index (κ3) is 9.27. The molecule has 0 saturated heterocycles. The van der Waals surface area contributed by atoms with Gasteiger partial charge in [0.15, 0.2) is 0 Å². The molecule has 0 unspecified atom stereocenters. The van der Waals surface area contributed by atoms with Crippen LogP contribution < -0.4 is 5.32 Å². The molecule has 3 rings (SSSR count). The Bertz CT molecular complexity index is 1280. The molecule has 39 heavy (non-hydrogen) atoms. The molecule has 0 radical (unpaired) electrons. The number of halogens is 6. The molecule has 11 heteroatoms. The first-order chi connectivity index (χ1) is 18.3. The minimum Gasteiger partial charge on any atom is -0.481 e. The number of carboxylic acid groups (broad SMARTS) is 1. The quantitative estimate of drug-likeness (QED) is 0.264. The average Bonchev–Trinajstić information content (AvgIpc) is 2.88. The van der Waals surface area contributed by atoms with Gasteiger partial charge in [0.25, 0.3) is 5.91 Å². The van der Waals surface area contributed by atoms with Gasteiger partial charge in [-0.15, -0.1) is 0 Å². The number of pyridine rings is 1. The van der Waals surface area contributed by atoms with Crippen LogP contribution in [0.4, 0.5) is 26.3 Å². The first-order valence-electron chi connectivity index (χ1n) is 11.8. The first kappa shape index (κ1) is 29.4. The molecule has 3 aromatic rings. The third-order valence-corrected chi connectivity index (χ3v) is 5.78. The number of alkyl halides is 6. The van der Waals surface area contributed by atoms with Gasteiger partial charge in [0, 0.05) is 36.2 Å². The van der Waals surface area contributed by atoms with Gasteiger partial charge < -0.3 is 10.4 Å². The number of hydrogen-bond donors (Lipinski definition) is 2. The zero-order chi connectivity index (χ0) is 28.6. The van der Waals surface area contributed by atoms with E-state index in [1.54, 1.807) is 36.4 Å². The molecule has 0 fully saturated rings. The number of carboxylic acids is 1. The fourth-order valence-electron chi connectivity index (χ4n) is 3.68. The summed E-state index contributed by atoms with van der Waals surface area (Å²) in [6.45, 7) is -0.0254. The van der Waals surface area contributed by atoms with E-state index in [4.69, 9.17) is 5.11 Å². The van der Waals surface area contributed by atoms with Gasteiger partial charge in [0.05, 0.1) is 17.7 Å². The van der Waals surface area contributed by atoms with Crippen LogP contribution in [0.15, 0.2) is 72.9 Å². The molecule has 0 aliphatic heterocycles. The minimum atomic E-state index is -4.47. The Hall–Kier alpha value is -4.15. The van der Waals surface area contributed by atoms with Crippen LogP contribution in [-0.2, 0) is 11.0 Å². The monoisotopic (exact) mass is 550 g/mol. The molecule has 1 atom stereocenters. The number of hydrogen-bond acceptors (Lipinski definition) is 3. The molecule has 5 nitrogen and oxygen atoms in total. The Morgan fingerprint density at radius 3 is 2.13 bits per heavy atom. The number of benzene rings is 2. The summed E-state index contributed by atoms with van der Waals surface area (Å²) in [6.07, 6.45) is -5.70. The summed E-state index contributed by atoms with van der Waals surface area (Å²) in [4.78, 5) is 26.9. The van der Waals surface area contributed by atoms with Gasteiger partial charge in [0.1, 0.15) is 0 Å². The fraction of sp³-hybridized carbons (Fsp3) is 0.250. The number of carbonyl (C=O) groups excluding carboxylic acids is 1. The fourth-order valence-corrected chi connectivity index (χ4v) is 3.68. The summed E-state index contributed by atoms with van der Waals surface area (Å²) in [7, 11) is 0. The van der Waals surface area contributed by atoms with Crippen LogP contribution in [0.1, 0.15) is 52.2 Å². The number of carbonyl (C=O) groups is 2. The molecule has 1 aromatic heterocycles. The smallest absolute Gasteiger partial charge is 0.416 e. The molecule has 0 aliphatic rings. The van der Waals surface area contributed by atoms with Gasteiger partial charge >= 0.3 is 18.3 Å².